The molecule has 1 amide bonds. The first-order chi connectivity index (χ1) is 9.20. The first-order valence-electron chi connectivity index (χ1n) is 6.88. The molecule has 104 valence electrons. The van der Waals surface area contributed by atoms with Crippen molar-refractivity contribution in [3.05, 3.63) is 24.0 Å². The van der Waals surface area contributed by atoms with Gasteiger partial charge in [0.05, 0.1) is 11.9 Å². The molecule has 5 nitrogen and oxygen atoms in total. The van der Waals surface area contributed by atoms with E-state index in [2.05, 4.69) is 29.2 Å². The number of likely N-dealkylation sites (N-methyl/N-ethyl adjacent to an activating group) is 1. The van der Waals surface area contributed by atoms with E-state index in [-0.39, 0.29) is 5.91 Å². The van der Waals surface area contributed by atoms with Crippen molar-refractivity contribution in [1.82, 2.24) is 14.8 Å². The van der Waals surface area contributed by atoms with Crippen LogP contribution >= 0.6 is 0 Å². The van der Waals surface area contributed by atoms with Gasteiger partial charge in [0.25, 0.3) is 5.91 Å². The maximum atomic E-state index is 12.3. The Morgan fingerprint density at radius 1 is 1.32 bits per heavy atom. The number of piperazine rings is 1. The number of nitrogens with zero attached hydrogens (tertiary/aromatic N) is 3. The zero-order valence-corrected chi connectivity index (χ0v) is 11.7. The number of carbonyl (C=O) groups excluding carboxylic acids is 1. The van der Waals surface area contributed by atoms with E-state index >= 15 is 0 Å². The molecule has 2 heterocycles. The molecule has 1 fully saturated rings. The van der Waals surface area contributed by atoms with Crippen LogP contribution in [0.25, 0.3) is 0 Å². The van der Waals surface area contributed by atoms with E-state index < -0.39 is 0 Å². The summed E-state index contributed by atoms with van der Waals surface area (Å²) in [5.74, 6) is 0.0372. The first kappa shape index (κ1) is 13.8. The molecule has 0 spiro atoms. The van der Waals surface area contributed by atoms with E-state index in [9.17, 15) is 4.79 Å². The van der Waals surface area contributed by atoms with Crippen LogP contribution in [0.2, 0.25) is 0 Å². The molecule has 0 aliphatic carbocycles. The van der Waals surface area contributed by atoms with E-state index in [1.165, 1.54) is 0 Å². The summed E-state index contributed by atoms with van der Waals surface area (Å²) in [6.45, 7) is 6.47. The lowest BCUT2D eigenvalue weighted by atomic mass is 10.2. The smallest absolute Gasteiger partial charge is 0.272 e. The van der Waals surface area contributed by atoms with Crippen LogP contribution in [0.3, 0.4) is 0 Å². The van der Waals surface area contributed by atoms with Crippen molar-refractivity contribution in [3.63, 3.8) is 0 Å². The molecule has 1 aliphatic rings. The van der Waals surface area contributed by atoms with Crippen molar-refractivity contribution >= 4 is 11.6 Å². The van der Waals surface area contributed by atoms with Gasteiger partial charge in [-0.3, -0.25) is 4.79 Å². The van der Waals surface area contributed by atoms with Crippen LogP contribution in [0, 0.1) is 0 Å². The van der Waals surface area contributed by atoms with E-state index in [1.54, 1.807) is 12.3 Å². The van der Waals surface area contributed by atoms with Crippen molar-refractivity contribution in [3.8, 4) is 0 Å². The number of pyridine rings is 1. The largest absolute Gasteiger partial charge is 0.384 e. The van der Waals surface area contributed by atoms with Gasteiger partial charge in [0, 0.05) is 32.7 Å². The first-order valence-corrected chi connectivity index (χ1v) is 6.88. The third kappa shape index (κ3) is 3.67. The minimum Gasteiger partial charge on any atom is -0.384 e. The Labute approximate surface area is 114 Å². The second-order valence-electron chi connectivity index (χ2n) is 4.95. The van der Waals surface area contributed by atoms with Crippen molar-refractivity contribution < 1.29 is 4.79 Å². The number of carbonyl (C=O) groups is 1. The number of nitrogens with one attached hydrogen (secondary N) is 1. The Balaban J connectivity index is 1.95. The molecule has 0 radical (unpaired) electrons. The highest BCUT2D eigenvalue weighted by Crippen LogP contribution is 2.10. The maximum Gasteiger partial charge on any atom is 0.272 e. The van der Waals surface area contributed by atoms with Crippen molar-refractivity contribution in [2.24, 2.45) is 0 Å². The standard InChI is InChI=1S/C14H22N4O/c1-3-6-15-12-4-5-13(16-11-12)14(19)18-9-7-17(2)8-10-18/h4-5,11,15H,3,6-10H2,1-2H3. The molecular weight excluding hydrogens is 240 g/mol. The number of anilines is 1. The lowest BCUT2D eigenvalue weighted by Crippen LogP contribution is -2.47. The fourth-order valence-electron chi connectivity index (χ4n) is 2.07. The number of amides is 1. The van der Waals surface area contributed by atoms with Crippen LogP contribution in [-0.4, -0.2) is 60.5 Å². The molecule has 0 unspecified atom stereocenters. The van der Waals surface area contributed by atoms with E-state index in [0.29, 0.717) is 5.69 Å². The number of hydrogen-bond donors (Lipinski definition) is 1. The maximum absolute atomic E-state index is 12.3. The van der Waals surface area contributed by atoms with Crippen molar-refractivity contribution in [2.75, 3.05) is 45.1 Å². The molecule has 2 rings (SSSR count). The van der Waals surface area contributed by atoms with Crippen LogP contribution < -0.4 is 5.32 Å². The number of aromatic nitrogens is 1. The van der Waals surface area contributed by atoms with Crippen LogP contribution in [0.5, 0.6) is 0 Å². The molecule has 1 aliphatic heterocycles. The molecule has 1 saturated heterocycles. The van der Waals surface area contributed by atoms with Crippen LogP contribution in [0.4, 0.5) is 5.69 Å². The third-order valence-corrected chi connectivity index (χ3v) is 3.35. The average molecular weight is 262 g/mol. The Bertz CT molecular complexity index is 410. The second-order valence-corrected chi connectivity index (χ2v) is 4.95. The summed E-state index contributed by atoms with van der Waals surface area (Å²) in [5.41, 5.74) is 1.50. The van der Waals surface area contributed by atoms with Gasteiger partial charge in [-0.2, -0.15) is 0 Å². The Morgan fingerprint density at radius 3 is 2.63 bits per heavy atom. The molecule has 1 aromatic heterocycles. The molecule has 0 saturated carbocycles. The van der Waals surface area contributed by atoms with Gasteiger partial charge >= 0.3 is 0 Å². The molecule has 1 aromatic rings. The molecule has 5 heteroatoms. The zero-order valence-electron chi connectivity index (χ0n) is 11.7. The fourth-order valence-corrected chi connectivity index (χ4v) is 2.07. The normalized spacial score (nSPS) is 16.4. The summed E-state index contributed by atoms with van der Waals surface area (Å²) in [7, 11) is 2.08. The summed E-state index contributed by atoms with van der Waals surface area (Å²) in [4.78, 5) is 20.6. The van der Waals surface area contributed by atoms with Crippen LogP contribution in [0.1, 0.15) is 23.8 Å². The Kier molecular flexibility index (Phi) is 4.74. The minimum atomic E-state index is 0.0372. The SMILES string of the molecule is CCCNc1ccc(C(=O)N2CCN(C)CC2)nc1. The highest BCUT2D eigenvalue weighted by atomic mass is 16.2. The quantitative estimate of drug-likeness (QED) is 0.888. The van der Waals surface area contributed by atoms with Gasteiger partial charge < -0.3 is 15.1 Å². The predicted molar refractivity (Wildman–Crippen MR) is 76.4 cm³/mol. The van der Waals surface area contributed by atoms with Gasteiger partial charge in [-0.1, -0.05) is 6.92 Å². The summed E-state index contributed by atoms with van der Waals surface area (Å²) in [6.07, 6.45) is 2.81. The van der Waals surface area contributed by atoms with Crippen molar-refractivity contribution in [1.29, 1.82) is 0 Å². The minimum absolute atomic E-state index is 0.0372. The Hall–Kier alpha value is -1.62. The number of hydrogen-bond acceptors (Lipinski definition) is 4. The molecule has 0 bridgehead atoms. The number of rotatable bonds is 4. The lowest BCUT2D eigenvalue weighted by molar-refractivity contribution is 0.0658. The molecule has 1 N–H and O–H groups in total. The topological polar surface area (TPSA) is 48.5 Å². The Morgan fingerprint density at radius 2 is 2.05 bits per heavy atom. The van der Waals surface area contributed by atoms with E-state index in [1.807, 2.05) is 11.0 Å². The van der Waals surface area contributed by atoms with Crippen molar-refractivity contribution in [2.45, 2.75) is 13.3 Å². The molecule has 0 aromatic carbocycles. The second kappa shape index (κ2) is 6.52. The molecule has 0 atom stereocenters. The molecule has 19 heavy (non-hydrogen) atoms. The van der Waals surface area contributed by atoms with Gasteiger partial charge in [-0.15, -0.1) is 0 Å². The van der Waals surface area contributed by atoms with Gasteiger partial charge in [0.1, 0.15) is 5.69 Å². The van der Waals surface area contributed by atoms with Crippen LogP contribution in [0.15, 0.2) is 18.3 Å². The molecular formula is C14H22N4O. The van der Waals surface area contributed by atoms with Gasteiger partial charge in [0.15, 0.2) is 0 Å². The van der Waals surface area contributed by atoms with Gasteiger partial charge in [-0.05, 0) is 25.6 Å². The zero-order chi connectivity index (χ0) is 13.7. The average Bonchev–Trinajstić information content (AvgIpc) is 2.46. The van der Waals surface area contributed by atoms with E-state index in [4.69, 9.17) is 0 Å². The predicted octanol–water partition coefficient (Wildman–Crippen LogP) is 1.29. The lowest BCUT2D eigenvalue weighted by Gasteiger charge is -2.32. The van der Waals surface area contributed by atoms with E-state index in [0.717, 1.165) is 44.8 Å². The summed E-state index contributed by atoms with van der Waals surface area (Å²) >= 11 is 0. The summed E-state index contributed by atoms with van der Waals surface area (Å²) in [5, 5.41) is 3.25. The van der Waals surface area contributed by atoms with Crippen LogP contribution in [-0.2, 0) is 0 Å². The monoisotopic (exact) mass is 262 g/mol. The third-order valence-electron chi connectivity index (χ3n) is 3.35. The highest BCUT2D eigenvalue weighted by Gasteiger charge is 2.20. The summed E-state index contributed by atoms with van der Waals surface area (Å²) in [6, 6.07) is 3.73. The highest BCUT2D eigenvalue weighted by molar-refractivity contribution is 5.92. The van der Waals surface area contributed by atoms with Gasteiger partial charge in [-0.25, -0.2) is 4.98 Å². The van der Waals surface area contributed by atoms with Gasteiger partial charge in [0.2, 0.25) is 0 Å². The fraction of sp³-hybridized carbons (Fsp3) is 0.571. The summed E-state index contributed by atoms with van der Waals surface area (Å²) < 4.78 is 0.